The SMILES string of the molecule is Cl.ClCc1cc(Cl)nc(Cl)c1. The Bertz CT molecular complexity index is 218. The van der Waals surface area contributed by atoms with E-state index in [0.717, 1.165) is 5.56 Å². The van der Waals surface area contributed by atoms with Gasteiger partial charge in [0.2, 0.25) is 0 Å². The zero-order chi connectivity index (χ0) is 7.56. The van der Waals surface area contributed by atoms with E-state index >= 15 is 0 Å². The Balaban J connectivity index is 0.000001000. The highest BCUT2D eigenvalue weighted by atomic mass is 35.5. The minimum absolute atomic E-state index is 0. The molecule has 62 valence electrons. The Morgan fingerprint density at radius 3 is 2.00 bits per heavy atom. The summed E-state index contributed by atoms with van der Waals surface area (Å²) in [4.78, 5) is 3.75. The molecule has 0 saturated carbocycles. The number of hydrogen-bond acceptors (Lipinski definition) is 1. The second-order valence-electron chi connectivity index (χ2n) is 1.75. The maximum Gasteiger partial charge on any atom is 0.131 e. The first-order chi connectivity index (χ1) is 4.72. The molecule has 0 aliphatic rings. The van der Waals surface area contributed by atoms with Crippen molar-refractivity contribution in [1.29, 1.82) is 0 Å². The van der Waals surface area contributed by atoms with E-state index in [1.165, 1.54) is 0 Å². The lowest BCUT2D eigenvalue weighted by Crippen LogP contribution is -1.81. The van der Waals surface area contributed by atoms with E-state index in [2.05, 4.69) is 4.98 Å². The summed E-state index contributed by atoms with van der Waals surface area (Å²) < 4.78 is 0. The average Bonchev–Trinajstić information content (AvgIpc) is 1.85. The molecule has 1 nitrogen and oxygen atoms in total. The van der Waals surface area contributed by atoms with Gasteiger partial charge in [0.1, 0.15) is 10.3 Å². The molecule has 1 rings (SSSR count). The molecule has 5 heteroatoms. The van der Waals surface area contributed by atoms with Crippen molar-refractivity contribution >= 4 is 47.2 Å². The second-order valence-corrected chi connectivity index (χ2v) is 2.80. The van der Waals surface area contributed by atoms with Crippen LogP contribution in [0.4, 0.5) is 0 Å². The van der Waals surface area contributed by atoms with Gasteiger partial charge in [-0.2, -0.15) is 0 Å². The van der Waals surface area contributed by atoms with Crippen molar-refractivity contribution in [3.8, 4) is 0 Å². The van der Waals surface area contributed by atoms with Crippen molar-refractivity contribution in [2.75, 3.05) is 0 Å². The number of nitrogens with zero attached hydrogens (tertiary/aromatic N) is 1. The van der Waals surface area contributed by atoms with Crippen molar-refractivity contribution in [2.24, 2.45) is 0 Å². The molecule has 0 atom stereocenters. The highest BCUT2D eigenvalue weighted by molar-refractivity contribution is 6.32. The van der Waals surface area contributed by atoms with Crippen LogP contribution in [0.1, 0.15) is 5.56 Å². The van der Waals surface area contributed by atoms with E-state index in [1.807, 2.05) is 0 Å². The molecule has 0 spiro atoms. The average molecular weight is 233 g/mol. The number of aromatic nitrogens is 1. The Morgan fingerprint density at radius 1 is 1.18 bits per heavy atom. The van der Waals surface area contributed by atoms with Gasteiger partial charge in [0.05, 0.1) is 0 Å². The molecule has 0 aliphatic carbocycles. The van der Waals surface area contributed by atoms with E-state index < -0.39 is 0 Å². The van der Waals surface area contributed by atoms with Crippen LogP contribution in [0.3, 0.4) is 0 Å². The summed E-state index contributed by atoms with van der Waals surface area (Å²) in [5.41, 5.74) is 0.881. The van der Waals surface area contributed by atoms with Gasteiger partial charge in [-0.15, -0.1) is 24.0 Å². The number of pyridine rings is 1. The molecule has 11 heavy (non-hydrogen) atoms. The van der Waals surface area contributed by atoms with Gasteiger partial charge in [-0.1, -0.05) is 23.2 Å². The predicted molar refractivity (Wildman–Crippen MR) is 51.1 cm³/mol. The molecule has 0 bridgehead atoms. The van der Waals surface area contributed by atoms with Gasteiger partial charge in [-0.05, 0) is 17.7 Å². The maximum absolute atomic E-state index is 5.57. The normalized spacial score (nSPS) is 9.00. The molecular weight excluding hydrogens is 228 g/mol. The van der Waals surface area contributed by atoms with E-state index in [1.54, 1.807) is 12.1 Å². The maximum atomic E-state index is 5.57. The highest BCUT2D eigenvalue weighted by Gasteiger charge is 1.96. The fourth-order valence-electron chi connectivity index (χ4n) is 0.591. The number of alkyl halides is 1. The lowest BCUT2D eigenvalue weighted by Gasteiger charge is -1.95. The lowest BCUT2D eigenvalue weighted by atomic mass is 10.3. The van der Waals surface area contributed by atoms with Crippen LogP contribution in [0.25, 0.3) is 0 Å². The van der Waals surface area contributed by atoms with Crippen LogP contribution in [0.2, 0.25) is 10.3 Å². The van der Waals surface area contributed by atoms with Crippen molar-refractivity contribution in [2.45, 2.75) is 5.88 Å². The van der Waals surface area contributed by atoms with Gasteiger partial charge < -0.3 is 0 Å². The smallest absolute Gasteiger partial charge is 0.131 e. The highest BCUT2D eigenvalue weighted by Crippen LogP contribution is 2.15. The van der Waals surface area contributed by atoms with E-state index in [-0.39, 0.29) is 12.4 Å². The first kappa shape index (κ1) is 11.3. The van der Waals surface area contributed by atoms with Crippen LogP contribution < -0.4 is 0 Å². The summed E-state index contributed by atoms with van der Waals surface area (Å²) in [6.45, 7) is 0. The molecular formula is C6H5Cl4N. The summed E-state index contributed by atoms with van der Waals surface area (Å²) in [6.07, 6.45) is 0. The quantitative estimate of drug-likeness (QED) is 0.533. The zero-order valence-electron chi connectivity index (χ0n) is 5.35. The number of hydrogen-bond donors (Lipinski definition) is 0. The predicted octanol–water partition coefficient (Wildman–Crippen LogP) is 3.55. The van der Waals surface area contributed by atoms with Crippen LogP contribution in [0.5, 0.6) is 0 Å². The number of halogens is 4. The van der Waals surface area contributed by atoms with Gasteiger partial charge >= 0.3 is 0 Å². The third kappa shape index (κ3) is 3.48. The van der Waals surface area contributed by atoms with E-state index in [4.69, 9.17) is 34.8 Å². The standard InChI is InChI=1S/C6H4Cl3N.ClH/c7-3-4-1-5(8)10-6(9)2-4;/h1-2H,3H2;1H. The first-order valence-corrected chi connectivity index (χ1v) is 3.89. The summed E-state index contributed by atoms with van der Waals surface area (Å²) in [5, 5.41) is 0.756. The van der Waals surface area contributed by atoms with Crippen LogP contribution in [0, 0.1) is 0 Å². The molecule has 0 amide bonds. The molecule has 0 unspecified atom stereocenters. The largest absolute Gasteiger partial charge is 0.224 e. The summed E-state index contributed by atoms with van der Waals surface area (Å²) in [5.74, 6) is 0.405. The van der Waals surface area contributed by atoms with Crippen molar-refractivity contribution in [1.82, 2.24) is 4.98 Å². The molecule has 0 fully saturated rings. The van der Waals surface area contributed by atoms with Gasteiger partial charge in [0.25, 0.3) is 0 Å². The molecule has 1 aromatic heterocycles. The Labute approximate surface area is 86.1 Å². The van der Waals surface area contributed by atoms with Crippen LogP contribution in [-0.4, -0.2) is 4.98 Å². The topological polar surface area (TPSA) is 12.9 Å². The van der Waals surface area contributed by atoms with Gasteiger partial charge in [-0.3, -0.25) is 0 Å². The van der Waals surface area contributed by atoms with Crippen LogP contribution in [0.15, 0.2) is 12.1 Å². The van der Waals surface area contributed by atoms with Gasteiger partial charge in [0, 0.05) is 5.88 Å². The lowest BCUT2D eigenvalue weighted by molar-refractivity contribution is 1.27. The summed E-state index contributed by atoms with van der Waals surface area (Å²) in [6, 6.07) is 3.36. The third-order valence-electron chi connectivity index (χ3n) is 0.977. The minimum atomic E-state index is 0. The molecule has 0 saturated heterocycles. The Kier molecular flexibility index (Phi) is 5.19. The van der Waals surface area contributed by atoms with E-state index in [9.17, 15) is 0 Å². The summed E-state index contributed by atoms with van der Waals surface area (Å²) >= 11 is 16.7. The molecule has 0 radical (unpaired) electrons. The van der Waals surface area contributed by atoms with Crippen LogP contribution >= 0.6 is 47.2 Å². The molecule has 0 aromatic carbocycles. The fourth-order valence-corrected chi connectivity index (χ4v) is 1.25. The Hall–Kier alpha value is 0.310. The first-order valence-electron chi connectivity index (χ1n) is 2.60. The fraction of sp³-hybridized carbons (Fsp3) is 0.167. The minimum Gasteiger partial charge on any atom is -0.224 e. The molecule has 0 N–H and O–H groups in total. The van der Waals surface area contributed by atoms with E-state index in [0.29, 0.717) is 16.2 Å². The molecule has 0 aliphatic heterocycles. The van der Waals surface area contributed by atoms with Crippen LogP contribution in [-0.2, 0) is 5.88 Å². The Morgan fingerprint density at radius 2 is 1.64 bits per heavy atom. The zero-order valence-corrected chi connectivity index (χ0v) is 8.44. The monoisotopic (exact) mass is 231 g/mol. The van der Waals surface area contributed by atoms with Crippen molar-refractivity contribution < 1.29 is 0 Å². The van der Waals surface area contributed by atoms with Gasteiger partial charge in [-0.25, -0.2) is 4.98 Å². The second kappa shape index (κ2) is 5.04. The van der Waals surface area contributed by atoms with Gasteiger partial charge in [0.15, 0.2) is 0 Å². The van der Waals surface area contributed by atoms with Crippen molar-refractivity contribution in [3.05, 3.63) is 28.0 Å². The third-order valence-corrected chi connectivity index (χ3v) is 1.67. The molecule has 1 heterocycles. The number of rotatable bonds is 1. The summed E-state index contributed by atoms with van der Waals surface area (Å²) in [7, 11) is 0. The molecule has 1 aromatic rings. The van der Waals surface area contributed by atoms with Crippen molar-refractivity contribution in [3.63, 3.8) is 0 Å².